The summed E-state index contributed by atoms with van der Waals surface area (Å²) in [6.07, 6.45) is 0. The van der Waals surface area contributed by atoms with Crippen LogP contribution < -0.4 is 16.4 Å². The van der Waals surface area contributed by atoms with Crippen LogP contribution in [0.1, 0.15) is 0 Å². The van der Waals surface area contributed by atoms with E-state index < -0.39 is 0 Å². The van der Waals surface area contributed by atoms with E-state index >= 15 is 0 Å². The lowest BCUT2D eigenvalue weighted by molar-refractivity contribution is 0.252. The number of nitrogens with one attached hydrogen (secondary N) is 2. The number of nitrogens with two attached hydrogens (primary N) is 1. The topological polar surface area (TPSA) is 67.1 Å². The van der Waals surface area contributed by atoms with E-state index in [1.807, 2.05) is 0 Å². The molecule has 0 radical (unpaired) electrons. The monoisotopic (exact) mass is 247 g/mol. The normalized spacial score (nSPS) is 9.80. The van der Waals surface area contributed by atoms with Crippen LogP contribution in [0.5, 0.6) is 0 Å². The van der Waals surface area contributed by atoms with E-state index in [-0.39, 0.29) is 6.03 Å². The van der Waals surface area contributed by atoms with Crippen molar-refractivity contribution in [2.75, 3.05) is 18.4 Å². The Bertz CT molecular complexity index is 357. The van der Waals surface area contributed by atoms with Gasteiger partial charge in [-0.15, -0.1) is 0 Å². The minimum atomic E-state index is -0.357. The Hall–Kier alpha value is -0.970. The highest BCUT2D eigenvalue weighted by atomic mass is 35.5. The zero-order valence-electron chi connectivity index (χ0n) is 7.89. The van der Waals surface area contributed by atoms with Crippen LogP contribution in [0.2, 0.25) is 10.0 Å². The fraction of sp³-hybridized carbons (Fsp3) is 0.222. The Morgan fingerprint density at radius 3 is 2.80 bits per heavy atom. The van der Waals surface area contributed by atoms with Gasteiger partial charge in [-0.05, 0) is 18.2 Å². The number of anilines is 1. The van der Waals surface area contributed by atoms with Gasteiger partial charge in [0.1, 0.15) is 0 Å². The Morgan fingerprint density at radius 2 is 2.13 bits per heavy atom. The molecule has 0 aliphatic heterocycles. The van der Waals surface area contributed by atoms with Crippen molar-refractivity contribution in [1.29, 1.82) is 0 Å². The molecule has 1 rings (SSSR count). The van der Waals surface area contributed by atoms with Crippen molar-refractivity contribution in [3.05, 3.63) is 28.2 Å². The van der Waals surface area contributed by atoms with Crippen molar-refractivity contribution in [1.82, 2.24) is 5.32 Å². The number of benzene rings is 1. The van der Waals surface area contributed by atoms with Crippen LogP contribution in [0.15, 0.2) is 18.2 Å². The maximum absolute atomic E-state index is 11.3. The molecule has 0 atom stereocenters. The van der Waals surface area contributed by atoms with Crippen molar-refractivity contribution >= 4 is 34.9 Å². The van der Waals surface area contributed by atoms with Crippen molar-refractivity contribution in [2.24, 2.45) is 5.73 Å². The summed E-state index contributed by atoms with van der Waals surface area (Å²) >= 11 is 11.6. The third-order valence-corrected chi connectivity index (χ3v) is 2.17. The number of hydrogen-bond acceptors (Lipinski definition) is 2. The number of urea groups is 1. The number of rotatable bonds is 3. The van der Waals surface area contributed by atoms with E-state index in [2.05, 4.69) is 10.6 Å². The van der Waals surface area contributed by atoms with Gasteiger partial charge in [0.25, 0.3) is 0 Å². The summed E-state index contributed by atoms with van der Waals surface area (Å²) in [5.74, 6) is 0. The van der Waals surface area contributed by atoms with Gasteiger partial charge in [0.15, 0.2) is 0 Å². The molecule has 4 nitrogen and oxygen atoms in total. The summed E-state index contributed by atoms with van der Waals surface area (Å²) in [6, 6.07) is 4.48. The van der Waals surface area contributed by atoms with Crippen LogP contribution in [0.25, 0.3) is 0 Å². The maximum Gasteiger partial charge on any atom is 0.319 e. The van der Waals surface area contributed by atoms with Crippen molar-refractivity contribution in [2.45, 2.75) is 0 Å². The van der Waals surface area contributed by atoms with Gasteiger partial charge in [0, 0.05) is 18.1 Å². The summed E-state index contributed by atoms with van der Waals surface area (Å²) in [6.45, 7) is 0.792. The van der Waals surface area contributed by atoms with Gasteiger partial charge in [0.2, 0.25) is 0 Å². The van der Waals surface area contributed by atoms with E-state index in [9.17, 15) is 4.79 Å². The number of amides is 2. The predicted octanol–water partition coefficient (Wildman–Crippen LogP) is 2.07. The van der Waals surface area contributed by atoms with Crippen LogP contribution in [0, 0.1) is 0 Å². The standard InChI is InChI=1S/C9H11Cl2N3O/c10-6-1-2-7(11)8(5-6)14-9(15)13-4-3-12/h1-2,5H,3-4,12H2,(H2,13,14,15). The fourth-order valence-electron chi connectivity index (χ4n) is 0.945. The van der Waals surface area contributed by atoms with Crippen molar-refractivity contribution in [3.8, 4) is 0 Å². The second kappa shape index (κ2) is 5.80. The summed E-state index contributed by atoms with van der Waals surface area (Å²) in [4.78, 5) is 11.3. The molecule has 0 aliphatic rings. The predicted molar refractivity (Wildman–Crippen MR) is 62.5 cm³/mol. The van der Waals surface area contributed by atoms with Gasteiger partial charge in [-0.1, -0.05) is 23.2 Å². The van der Waals surface area contributed by atoms with Crippen LogP contribution in [0.4, 0.5) is 10.5 Å². The highest BCUT2D eigenvalue weighted by molar-refractivity contribution is 6.35. The minimum absolute atomic E-state index is 0.357. The molecular formula is C9H11Cl2N3O. The third kappa shape index (κ3) is 3.95. The smallest absolute Gasteiger partial charge is 0.319 e. The molecule has 4 N–H and O–H groups in total. The van der Waals surface area contributed by atoms with E-state index in [0.717, 1.165) is 0 Å². The quantitative estimate of drug-likeness (QED) is 0.766. The molecule has 0 unspecified atom stereocenters. The first-order chi connectivity index (χ1) is 7.13. The molecule has 0 aliphatic carbocycles. The highest BCUT2D eigenvalue weighted by Crippen LogP contribution is 2.25. The molecule has 0 saturated heterocycles. The lowest BCUT2D eigenvalue weighted by Crippen LogP contribution is -2.32. The zero-order valence-corrected chi connectivity index (χ0v) is 9.40. The summed E-state index contributed by atoms with van der Waals surface area (Å²) < 4.78 is 0. The average molecular weight is 248 g/mol. The molecule has 2 amide bonds. The Balaban J connectivity index is 2.63. The van der Waals surface area contributed by atoms with Crippen LogP contribution in [-0.2, 0) is 0 Å². The second-order valence-corrected chi connectivity index (χ2v) is 3.64. The van der Waals surface area contributed by atoms with Gasteiger partial charge >= 0.3 is 6.03 Å². The molecule has 0 saturated carbocycles. The summed E-state index contributed by atoms with van der Waals surface area (Å²) in [5.41, 5.74) is 5.71. The first-order valence-electron chi connectivity index (χ1n) is 4.33. The Labute approximate surface area is 97.7 Å². The molecule has 82 valence electrons. The van der Waals surface area contributed by atoms with Gasteiger partial charge in [-0.25, -0.2) is 4.79 Å². The summed E-state index contributed by atoms with van der Waals surface area (Å²) in [7, 11) is 0. The molecule has 15 heavy (non-hydrogen) atoms. The average Bonchev–Trinajstić information content (AvgIpc) is 2.20. The molecule has 0 fully saturated rings. The van der Waals surface area contributed by atoms with Crippen LogP contribution in [0.3, 0.4) is 0 Å². The summed E-state index contributed by atoms with van der Waals surface area (Å²) in [5, 5.41) is 6.06. The van der Waals surface area contributed by atoms with E-state index in [1.54, 1.807) is 18.2 Å². The molecule has 1 aromatic carbocycles. The second-order valence-electron chi connectivity index (χ2n) is 2.79. The minimum Gasteiger partial charge on any atom is -0.337 e. The van der Waals surface area contributed by atoms with Gasteiger partial charge in [0.05, 0.1) is 10.7 Å². The van der Waals surface area contributed by atoms with Gasteiger partial charge in [-0.2, -0.15) is 0 Å². The third-order valence-electron chi connectivity index (χ3n) is 1.61. The largest absolute Gasteiger partial charge is 0.337 e. The van der Waals surface area contributed by atoms with Crippen molar-refractivity contribution in [3.63, 3.8) is 0 Å². The highest BCUT2D eigenvalue weighted by Gasteiger charge is 2.05. The first kappa shape index (κ1) is 12.1. The van der Waals surface area contributed by atoms with Crippen LogP contribution in [-0.4, -0.2) is 19.1 Å². The number of carbonyl (C=O) groups is 1. The number of hydrogen-bond donors (Lipinski definition) is 3. The number of carbonyl (C=O) groups excluding carboxylic acids is 1. The maximum atomic E-state index is 11.3. The zero-order chi connectivity index (χ0) is 11.3. The lowest BCUT2D eigenvalue weighted by atomic mass is 10.3. The van der Waals surface area contributed by atoms with Gasteiger partial charge < -0.3 is 16.4 Å². The molecule has 0 bridgehead atoms. The lowest BCUT2D eigenvalue weighted by Gasteiger charge is -2.08. The Morgan fingerprint density at radius 1 is 1.40 bits per heavy atom. The van der Waals surface area contributed by atoms with Crippen LogP contribution >= 0.6 is 23.2 Å². The number of halogens is 2. The van der Waals surface area contributed by atoms with E-state index in [4.69, 9.17) is 28.9 Å². The van der Waals surface area contributed by atoms with Crippen molar-refractivity contribution < 1.29 is 4.79 Å². The molecule has 1 aromatic rings. The van der Waals surface area contributed by atoms with E-state index in [0.29, 0.717) is 28.8 Å². The molecule has 0 aromatic heterocycles. The fourth-order valence-corrected chi connectivity index (χ4v) is 1.28. The molecule has 6 heteroatoms. The Kier molecular flexibility index (Phi) is 4.68. The van der Waals surface area contributed by atoms with E-state index in [1.165, 1.54) is 0 Å². The SMILES string of the molecule is NCCNC(=O)Nc1cc(Cl)ccc1Cl. The van der Waals surface area contributed by atoms with Gasteiger partial charge in [-0.3, -0.25) is 0 Å². The first-order valence-corrected chi connectivity index (χ1v) is 5.09. The molecule has 0 spiro atoms. The molecular weight excluding hydrogens is 237 g/mol. The molecule has 0 heterocycles.